The maximum atomic E-state index is 12.3. The predicted molar refractivity (Wildman–Crippen MR) is 79.2 cm³/mol. The number of benzene rings is 1. The van der Waals surface area contributed by atoms with Gasteiger partial charge in [0.25, 0.3) is 11.6 Å². The second-order valence-corrected chi connectivity index (χ2v) is 5.12. The molecule has 0 unspecified atom stereocenters. The van der Waals surface area contributed by atoms with E-state index in [9.17, 15) is 14.9 Å². The number of nitrogens with one attached hydrogen (secondary N) is 1. The number of hydrogen-bond donors (Lipinski definition) is 1. The molecular weight excluding hydrogens is 280 g/mol. The van der Waals surface area contributed by atoms with Gasteiger partial charge in [0.2, 0.25) is 0 Å². The predicted octanol–water partition coefficient (Wildman–Crippen LogP) is 3.95. The lowest BCUT2D eigenvalue weighted by Crippen LogP contribution is -2.47. The van der Waals surface area contributed by atoms with Crippen LogP contribution in [-0.4, -0.2) is 16.4 Å². The third-order valence-corrected chi connectivity index (χ3v) is 4.13. The van der Waals surface area contributed by atoms with E-state index < -0.39 is 4.92 Å². The van der Waals surface area contributed by atoms with Crippen molar-refractivity contribution in [1.29, 1.82) is 0 Å². The number of nitrogens with zero attached hydrogens (tertiary/aromatic N) is 1. The van der Waals surface area contributed by atoms with Crippen molar-refractivity contribution in [3.05, 3.63) is 38.9 Å². The summed E-state index contributed by atoms with van der Waals surface area (Å²) in [7, 11) is 0. The van der Waals surface area contributed by atoms with Crippen LogP contribution in [0.25, 0.3) is 0 Å². The molecule has 1 rings (SSSR count). The molecule has 0 atom stereocenters. The maximum absolute atomic E-state index is 12.3. The molecule has 0 heterocycles. The van der Waals surface area contributed by atoms with Gasteiger partial charge in [-0.1, -0.05) is 32.4 Å². The number of carbonyl (C=O) groups is 1. The zero-order valence-electron chi connectivity index (χ0n) is 11.9. The third kappa shape index (κ3) is 3.48. The lowest BCUT2D eigenvalue weighted by atomic mass is 9.89. The maximum Gasteiger partial charge on any atom is 0.270 e. The standard InChI is InChI=1S/C14H19ClN2O3/c1-4-14(5-2,6-3)16-13(18)11-8-7-10(17(19)20)9-12(11)15/h7-9H,4-6H2,1-3H3,(H,16,18). The number of nitro benzene ring substituents is 1. The van der Waals surface area contributed by atoms with Gasteiger partial charge in [-0.25, -0.2) is 0 Å². The molecule has 20 heavy (non-hydrogen) atoms. The van der Waals surface area contributed by atoms with Crippen LogP contribution in [-0.2, 0) is 0 Å². The zero-order chi connectivity index (χ0) is 15.3. The quantitative estimate of drug-likeness (QED) is 0.638. The molecule has 0 spiro atoms. The summed E-state index contributed by atoms with van der Waals surface area (Å²) in [6, 6.07) is 3.87. The first kappa shape index (κ1) is 16.4. The molecule has 0 aliphatic carbocycles. The van der Waals surface area contributed by atoms with Crippen molar-refractivity contribution in [2.24, 2.45) is 0 Å². The minimum absolute atomic E-state index is 0.0916. The van der Waals surface area contributed by atoms with E-state index in [-0.39, 0.29) is 27.7 Å². The third-order valence-electron chi connectivity index (χ3n) is 3.82. The summed E-state index contributed by atoms with van der Waals surface area (Å²) >= 11 is 5.96. The van der Waals surface area contributed by atoms with E-state index in [4.69, 9.17) is 11.6 Å². The van der Waals surface area contributed by atoms with Crippen molar-refractivity contribution >= 4 is 23.2 Å². The Hall–Kier alpha value is -1.62. The number of hydrogen-bond acceptors (Lipinski definition) is 3. The first-order valence-corrected chi connectivity index (χ1v) is 7.03. The number of nitro groups is 1. The van der Waals surface area contributed by atoms with Gasteiger partial charge in [-0.2, -0.15) is 0 Å². The lowest BCUT2D eigenvalue weighted by Gasteiger charge is -2.31. The fraction of sp³-hybridized carbons (Fsp3) is 0.500. The Kier molecular flexibility index (Phi) is 5.51. The molecule has 0 fully saturated rings. The Morgan fingerprint density at radius 2 is 1.85 bits per heavy atom. The summed E-state index contributed by atoms with van der Waals surface area (Å²) in [4.78, 5) is 22.4. The summed E-state index contributed by atoms with van der Waals surface area (Å²) in [6.07, 6.45) is 2.45. The molecule has 1 aromatic carbocycles. The summed E-state index contributed by atoms with van der Waals surface area (Å²) in [6.45, 7) is 6.06. The van der Waals surface area contributed by atoms with Crippen LogP contribution in [0.2, 0.25) is 5.02 Å². The molecule has 0 radical (unpaired) electrons. The second kappa shape index (κ2) is 6.70. The van der Waals surface area contributed by atoms with Gasteiger partial charge in [-0.15, -0.1) is 0 Å². The van der Waals surface area contributed by atoms with Gasteiger partial charge in [0.15, 0.2) is 0 Å². The van der Waals surface area contributed by atoms with E-state index >= 15 is 0 Å². The highest BCUT2D eigenvalue weighted by Crippen LogP contribution is 2.25. The van der Waals surface area contributed by atoms with Crippen LogP contribution in [0, 0.1) is 10.1 Å². The molecule has 0 saturated heterocycles. The van der Waals surface area contributed by atoms with Gasteiger partial charge in [-0.05, 0) is 25.3 Å². The molecule has 110 valence electrons. The molecule has 0 aliphatic heterocycles. The SMILES string of the molecule is CCC(CC)(CC)NC(=O)c1ccc([N+](=O)[O-])cc1Cl. The van der Waals surface area contributed by atoms with Gasteiger partial charge < -0.3 is 5.32 Å². The minimum atomic E-state index is -0.540. The molecule has 0 aliphatic rings. The van der Waals surface area contributed by atoms with Crippen LogP contribution in [0.1, 0.15) is 50.4 Å². The average molecular weight is 299 g/mol. The van der Waals surface area contributed by atoms with Crippen LogP contribution >= 0.6 is 11.6 Å². The van der Waals surface area contributed by atoms with E-state index in [0.717, 1.165) is 19.3 Å². The van der Waals surface area contributed by atoms with Gasteiger partial charge in [-0.3, -0.25) is 14.9 Å². The van der Waals surface area contributed by atoms with Crippen LogP contribution in [0.5, 0.6) is 0 Å². The van der Waals surface area contributed by atoms with E-state index in [2.05, 4.69) is 5.32 Å². The van der Waals surface area contributed by atoms with E-state index in [1.54, 1.807) is 0 Å². The number of amides is 1. The van der Waals surface area contributed by atoms with Crippen molar-refractivity contribution in [2.75, 3.05) is 0 Å². The minimum Gasteiger partial charge on any atom is -0.347 e. The summed E-state index contributed by atoms with van der Waals surface area (Å²) in [5.74, 6) is -0.296. The van der Waals surface area contributed by atoms with Crippen molar-refractivity contribution in [3.63, 3.8) is 0 Å². The highest BCUT2D eigenvalue weighted by Gasteiger charge is 2.27. The first-order valence-electron chi connectivity index (χ1n) is 6.65. The second-order valence-electron chi connectivity index (χ2n) is 4.72. The fourth-order valence-corrected chi connectivity index (χ4v) is 2.39. The summed E-state index contributed by atoms with van der Waals surface area (Å²) in [5.41, 5.74) is -0.126. The van der Waals surface area contributed by atoms with Crippen molar-refractivity contribution in [3.8, 4) is 0 Å². The monoisotopic (exact) mass is 298 g/mol. The van der Waals surface area contributed by atoms with Crippen LogP contribution in [0.4, 0.5) is 5.69 Å². The van der Waals surface area contributed by atoms with E-state index in [1.807, 2.05) is 20.8 Å². The Morgan fingerprint density at radius 1 is 1.30 bits per heavy atom. The number of halogens is 1. The largest absolute Gasteiger partial charge is 0.347 e. The molecule has 0 aromatic heterocycles. The number of rotatable bonds is 6. The molecule has 0 saturated carbocycles. The smallest absolute Gasteiger partial charge is 0.270 e. The van der Waals surface area contributed by atoms with Gasteiger partial charge in [0, 0.05) is 17.7 Å². The normalized spacial score (nSPS) is 11.2. The van der Waals surface area contributed by atoms with E-state index in [0.29, 0.717) is 0 Å². The first-order chi connectivity index (χ1) is 9.39. The molecule has 6 heteroatoms. The number of carbonyl (C=O) groups excluding carboxylic acids is 1. The molecular formula is C14H19ClN2O3. The van der Waals surface area contributed by atoms with Gasteiger partial charge in [0.1, 0.15) is 0 Å². The average Bonchev–Trinajstić information content (AvgIpc) is 2.44. The fourth-order valence-electron chi connectivity index (χ4n) is 2.13. The zero-order valence-corrected chi connectivity index (χ0v) is 12.7. The molecule has 1 N–H and O–H groups in total. The Morgan fingerprint density at radius 3 is 2.25 bits per heavy atom. The Labute approximate surface area is 123 Å². The van der Waals surface area contributed by atoms with Crippen LogP contribution in [0.15, 0.2) is 18.2 Å². The lowest BCUT2D eigenvalue weighted by molar-refractivity contribution is -0.384. The summed E-state index contributed by atoms with van der Waals surface area (Å²) < 4.78 is 0. The van der Waals surface area contributed by atoms with Crippen LogP contribution in [0.3, 0.4) is 0 Å². The van der Waals surface area contributed by atoms with Gasteiger partial charge >= 0.3 is 0 Å². The molecule has 0 bridgehead atoms. The van der Waals surface area contributed by atoms with Crippen molar-refractivity contribution in [2.45, 2.75) is 45.6 Å². The van der Waals surface area contributed by atoms with E-state index in [1.165, 1.54) is 18.2 Å². The highest BCUT2D eigenvalue weighted by molar-refractivity contribution is 6.34. The topological polar surface area (TPSA) is 72.2 Å². The van der Waals surface area contributed by atoms with Crippen molar-refractivity contribution in [1.82, 2.24) is 5.32 Å². The highest BCUT2D eigenvalue weighted by atomic mass is 35.5. The van der Waals surface area contributed by atoms with Gasteiger partial charge in [0.05, 0.1) is 15.5 Å². The Balaban J connectivity index is 3.01. The summed E-state index contributed by atoms with van der Waals surface area (Å²) in [5, 5.41) is 13.7. The number of non-ortho nitro benzene ring substituents is 1. The Bertz CT molecular complexity index is 505. The van der Waals surface area contributed by atoms with Crippen LogP contribution < -0.4 is 5.32 Å². The molecule has 5 nitrogen and oxygen atoms in total. The van der Waals surface area contributed by atoms with Crippen molar-refractivity contribution < 1.29 is 9.72 Å². The molecule has 1 aromatic rings. The molecule has 1 amide bonds.